The molecule has 0 fully saturated rings. The van der Waals surface area contributed by atoms with Crippen molar-refractivity contribution in [3.63, 3.8) is 0 Å². The van der Waals surface area contributed by atoms with Gasteiger partial charge in [0.1, 0.15) is 5.82 Å². The third kappa shape index (κ3) is 3.04. The maximum Gasteiger partial charge on any atom is 0.332 e. The smallest absolute Gasteiger partial charge is 0.332 e. The summed E-state index contributed by atoms with van der Waals surface area (Å²) in [6.07, 6.45) is -0.991. The zero-order chi connectivity index (χ0) is 12.1. The molecule has 1 N–H and O–H groups in total. The van der Waals surface area contributed by atoms with Crippen molar-refractivity contribution in [2.75, 3.05) is 0 Å². The molecule has 0 aliphatic heterocycles. The van der Waals surface area contributed by atoms with Gasteiger partial charge in [-0.3, -0.25) is 0 Å². The van der Waals surface area contributed by atoms with Crippen LogP contribution in [-0.2, 0) is 16.1 Å². The Morgan fingerprint density at radius 2 is 2.38 bits per heavy atom. The van der Waals surface area contributed by atoms with E-state index in [1.165, 1.54) is 19.1 Å². The summed E-state index contributed by atoms with van der Waals surface area (Å²) >= 11 is 0. The van der Waals surface area contributed by atoms with Crippen LogP contribution >= 0.6 is 0 Å². The highest BCUT2D eigenvalue weighted by atomic mass is 19.1. The van der Waals surface area contributed by atoms with E-state index in [2.05, 4.69) is 0 Å². The molecule has 1 rings (SSSR count). The number of nitriles is 1. The number of ether oxygens (including phenoxy) is 1. The van der Waals surface area contributed by atoms with Crippen LogP contribution in [0.25, 0.3) is 0 Å². The molecule has 0 aliphatic rings. The van der Waals surface area contributed by atoms with Crippen molar-refractivity contribution in [2.45, 2.75) is 19.6 Å². The predicted molar refractivity (Wildman–Crippen MR) is 53.0 cm³/mol. The number of nitrogens with zero attached hydrogens (tertiary/aromatic N) is 1. The highest BCUT2D eigenvalue weighted by Gasteiger charge is 2.12. The lowest BCUT2D eigenvalue weighted by Crippen LogP contribution is -2.19. The number of rotatable bonds is 4. The molecule has 0 radical (unpaired) electrons. The van der Waals surface area contributed by atoms with Crippen LogP contribution in [0.3, 0.4) is 0 Å². The van der Waals surface area contributed by atoms with Crippen LogP contribution in [0.2, 0.25) is 0 Å². The minimum Gasteiger partial charge on any atom is -0.479 e. The second-order valence-corrected chi connectivity index (χ2v) is 3.20. The third-order valence-electron chi connectivity index (χ3n) is 2.02. The van der Waals surface area contributed by atoms with Crippen molar-refractivity contribution in [3.8, 4) is 6.07 Å². The van der Waals surface area contributed by atoms with Crippen LogP contribution in [0.1, 0.15) is 18.1 Å². The zero-order valence-electron chi connectivity index (χ0n) is 8.61. The van der Waals surface area contributed by atoms with Crippen molar-refractivity contribution < 1.29 is 19.0 Å². The lowest BCUT2D eigenvalue weighted by atomic mass is 10.1. The zero-order valence-corrected chi connectivity index (χ0v) is 8.61. The summed E-state index contributed by atoms with van der Waals surface area (Å²) in [5, 5.41) is 17.3. The summed E-state index contributed by atoms with van der Waals surface area (Å²) in [7, 11) is 0. The van der Waals surface area contributed by atoms with E-state index in [1.807, 2.05) is 6.07 Å². The fourth-order valence-corrected chi connectivity index (χ4v) is 1.08. The van der Waals surface area contributed by atoms with E-state index in [9.17, 15) is 9.18 Å². The number of carbonyl (C=O) groups is 1. The number of carboxylic acids is 1. The Kier molecular flexibility index (Phi) is 3.97. The van der Waals surface area contributed by atoms with Crippen LogP contribution in [-0.4, -0.2) is 17.2 Å². The Labute approximate surface area is 91.9 Å². The first-order valence-corrected chi connectivity index (χ1v) is 4.57. The topological polar surface area (TPSA) is 70.3 Å². The van der Waals surface area contributed by atoms with E-state index in [0.717, 1.165) is 6.07 Å². The largest absolute Gasteiger partial charge is 0.479 e. The minimum absolute atomic E-state index is 0.103. The molecule has 0 saturated heterocycles. The lowest BCUT2D eigenvalue weighted by Gasteiger charge is -2.09. The average molecular weight is 223 g/mol. The Morgan fingerprint density at radius 1 is 1.69 bits per heavy atom. The molecule has 84 valence electrons. The molecule has 1 aromatic rings. The first-order valence-electron chi connectivity index (χ1n) is 4.57. The number of aliphatic carboxylic acids is 1. The number of carboxylic acid groups (broad SMARTS) is 1. The SMILES string of the molecule is CC(OCc1cc(F)ccc1C#N)C(=O)O. The highest BCUT2D eigenvalue weighted by Crippen LogP contribution is 2.12. The van der Waals surface area contributed by atoms with E-state index in [1.54, 1.807) is 0 Å². The normalized spacial score (nSPS) is 11.8. The van der Waals surface area contributed by atoms with Gasteiger partial charge in [-0.05, 0) is 30.7 Å². The summed E-state index contributed by atoms with van der Waals surface area (Å²) in [6.45, 7) is 1.27. The van der Waals surface area contributed by atoms with Gasteiger partial charge in [-0.1, -0.05) is 0 Å². The summed E-state index contributed by atoms with van der Waals surface area (Å²) < 4.78 is 17.9. The Morgan fingerprint density at radius 3 is 2.94 bits per heavy atom. The molecule has 0 spiro atoms. The van der Waals surface area contributed by atoms with Crippen LogP contribution in [0.15, 0.2) is 18.2 Å². The van der Waals surface area contributed by atoms with Crippen molar-refractivity contribution in [3.05, 3.63) is 35.1 Å². The maximum absolute atomic E-state index is 12.9. The maximum atomic E-state index is 12.9. The van der Waals surface area contributed by atoms with E-state index >= 15 is 0 Å². The van der Waals surface area contributed by atoms with Gasteiger partial charge >= 0.3 is 5.97 Å². The van der Waals surface area contributed by atoms with E-state index in [0.29, 0.717) is 5.56 Å². The molecule has 0 aliphatic carbocycles. The molecule has 4 nitrogen and oxygen atoms in total. The molecule has 0 heterocycles. The molecule has 1 unspecified atom stereocenters. The second kappa shape index (κ2) is 5.24. The average Bonchev–Trinajstić information content (AvgIpc) is 2.25. The highest BCUT2D eigenvalue weighted by molar-refractivity contribution is 5.71. The van der Waals surface area contributed by atoms with Crippen molar-refractivity contribution >= 4 is 5.97 Å². The monoisotopic (exact) mass is 223 g/mol. The number of hydrogen-bond acceptors (Lipinski definition) is 3. The van der Waals surface area contributed by atoms with Gasteiger partial charge in [-0.15, -0.1) is 0 Å². The Hall–Kier alpha value is -1.93. The van der Waals surface area contributed by atoms with Crippen molar-refractivity contribution in [2.24, 2.45) is 0 Å². The first-order chi connectivity index (χ1) is 7.54. The molecule has 0 bridgehead atoms. The first kappa shape index (κ1) is 12.1. The van der Waals surface area contributed by atoms with Crippen LogP contribution < -0.4 is 0 Å². The Balaban J connectivity index is 2.77. The third-order valence-corrected chi connectivity index (χ3v) is 2.02. The molecule has 1 atom stereocenters. The fourth-order valence-electron chi connectivity index (χ4n) is 1.08. The summed E-state index contributed by atoms with van der Waals surface area (Å²) in [5.41, 5.74) is 0.620. The quantitative estimate of drug-likeness (QED) is 0.843. The molecular weight excluding hydrogens is 213 g/mol. The van der Waals surface area contributed by atoms with Gasteiger partial charge in [0.15, 0.2) is 6.10 Å². The minimum atomic E-state index is -1.10. The van der Waals surface area contributed by atoms with Crippen molar-refractivity contribution in [1.82, 2.24) is 0 Å². The molecular formula is C11H10FNO3. The fraction of sp³-hybridized carbons (Fsp3) is 0.273. The van der Waals surface area contributed by atoms with Crippen LogP contribution in [0.5, 0.6) is 0 Å². The predicted octanol–water partition coefficient (Wildman–Crippen LogP) is 1.69. The second-order valence-electron chi connectivity index (χ2n) is 3.20. The summed E-state index contributed by atoms with van der Waals surface area (Å²) in [5.74, 6) is -1.59. The lowest BCUT2D eigenvalue weighted by molar-refractivity contribution is -0.149. The number of hydrogen-bond donors (Lipinski definition) is 1. The van der Waals surface area contributed by atoms with Gasteiger partial charge in [-0.25, -0.2) is 9.18 Å². The van der Waals surface area contributed by atoms with Gasteiger partial charge in [-0.2, -0.15) is 5.26 Å². The molecule has 16 heavy (non-hydrogen) atoms. The van der Waals surface area contributed by atoms with E-state index < -0.39 is 17.9 Å². The van der Waals surface area contributed by atoms with Crippen LogP contribution in [0, 0.1) is 17.1 Å². The Bertz CT molecular complexity index is 439. The van der Waals surface area contributed by atoms with Gasteiger partial charge in [0.2, 0.25) is 0 Å². The van der Waals surface area contributed by atoms with Gasteiger partial charge < -0.3 is 9.84 Å². The summed E-state index contributed by atoms with van der Waals surface area (Å²) in [4.78, 5) is 10.5. The molecule has 5 heteroatoms. The van der Waals surface area contributed by atoms with Gasteiger partial charge in [0, 0.05) is 0 Å². The summed E-state index contributed by atoms with van der Waals surface area (Å²) in [6, 6.07) is 5.54. The van der Waals surface area contributed by atoms with Crippen molar-refractivity contribution in [1.29, 1.82) is 5.26 Å². The van der Waals surface area contributed by atoms with Gasteiger partial charge in [0.05, 0.1) is 18.2 Å². The van der Waals surface area contributed by atoms with E-state index in [-0.39, 0.29) is 12.2 Å². The molecule has 1 aromatic carbocycles. The molecule has 0 aromatic heterocycles. The molecule has 0 saturated carbocycles. The standard InChI is InChI=1S/C11H10FNO3/c1-7(11(14)15)16-6-9-4-10(12)3-2-8(9)5-13/h2-4,7H,6H2,1H3,(H,14,15). The number of halogens is 1. The van der Waals surface area contributed by atoms with Crippen LogP contribution in [0.4, 0.5) is 4.39 Å². The number of benzene rings is 1. The van der Waals surface area contributed by atoms with E-state index in [4.69, 9.17) is 15.1 Å². The molecule has 0 amide bonds. The van der Waals surface area contributed by atoms with Gasteiger partial charge in [0.25, 0.3) is 0 Å².